The number of piperazine rings is 1. The second-order valence-corrected chi connectivity index (χ2v) is 6.41. The van der Waals surface area contributed by atoms with Gasteiger partial charge in [-0.05, 0) is 27.0 Å². The van der Waals surface area contributed by atoms with Gasteiger partial charge >= 0.3 is 0 Å². The Labute approximate surface area is 148 Å². The Hall–Kier alpha value is -2.47. The highest BCUT2D eigenvalue weighted by Gasteiger charge is 2.31. The van der Waals surface area contributed by atoms with E-state index in [1.54, 1.807) is 13.3 Å². The molecule has 2 heterocycles. The highest BCUT2D eigenvalue weighted by molar-refractivity contribution is 5.95. The number of methoxy groups -OCH3 is 1. The van der Waals surface area contributed by atoms with Crippen LogP contribution in [0.25, 0.3) is 0 Å². The summed E-state index contributed by atoms with van der Waals surface area (Å²) in [7, 11) is 3.76. The first-order chi connectivity index (χ1) is 12.0. The van der Waals surface area contributed by atoms with Gasteiger partial charge in [0.25, 0.3) is 5.91 Å². The Morgan fingerprint density at radius 3 is 2.72 bits per heavy atom. The number of aromatic nitrogens is 2. The van der Waals surface area contributed by atoms with Crippen molar-refractivity contribution in [1.29, 1.82) is 0 Å². The largest absolute Gasteiger partial charge is 0.496 e. The van der Waals surface area contributed by atoms with Crippen molar-refractivity contribution in [1.82, 2.24) is 19.8 Å². The zero-order valence-electron chi connectivity index (χ0n) is 15.2. The molecule has 1 unspecified atom stereocenters. The van der Waals surface area contributed by atoms with Gasteiger partial charge in [-0.15, -0.1) is 0 Å². The van der Waals surface area contributed by atoms with Crippen molar-refractivity contribution >= 4 is 5.91 Å². The van der Waals surface area contributed by atoms with Gasteiger partial charge in [0.2, 0.25) is 0 Å². The van der Waals surface area contributed by atoms with E-state index in [9.17, 15) is 4.79 Å². The number of carbonyl (C=O) groups is 1. The molecule has 25 heavy (non-hydrogen) atoms. The van der Waals surface area contributed by atoms with Crippen LogP contribution in [0, 0.1) is 13.8 Å². The van der Waals surface area contributed by atoms with Crippen molar-refractivity contribution in [3.8, 4) is 5.75 Å². The number of hydrogen-bond donors (Lipinski definition) is 0. The molecule has 0 saturated carbocycles. The summed E-state index contributed by atoms with van der Waals surface area (Å²) in [5.74, 6) is 1.52. The summed E-state index contributed by atoms with van der Waals surface area (Å²) < 4.78 is 5.51. The summed E-state index contributed by atoms with van der Waals surface area (Å²) in [5, 5.41) is 0. The van der Waals surface area contributed by atoms with E-state index in [2.05, 4.69) is 28.0 Å². The van der Waals surface area contributed by atoms with E-state index in [4.69, 9.17) is 4.74 Å². The normalized spacial score (nSPS) is 18.2. The van der Waals surface area contributed by atoms with Crippen LogP contribution in [0.15, 0.2) is 30.5 Å². The molecule has 1 fully saturated rings. The van der Waals surface area contributed by atoms with E-state index in [-0.39, 0.29) is 11.9 Å². The Morgan fingerprint density at radius 1 is 1.24 bits per heavy atom. The quantitative estimate of drug-likeness (QED) is 0.857. The molecule has 1 amide bonds. The molecule has 1 aromatic heterocycles. The van der Waals surface area contributed by atoms with Crippen LogP contribution >= 0.6 is 0 Å². The highest BCUT2D eigenvalue weighted by Crippen LogP contribution is 2.31. The molecule has 3 rings (SSSR count). The molecule has 6 heteroatoms. The predicted octanol–water partition coefficient (Wildman–Crippen LogP) is 2.23. The number of rotatable bonds is 3. The molecular formula is C19H24N4O2. The Bertz CT molecular complexity index is 778. The molecule has 1 aromatic carbocycles. The van der Waals surface area contributed by atoms with Crippen LogP contribution in [0.3, 0.4) is 0 Å². The number of carbonyl (C=O) groups excluding carboxylic acids is 1. The maximum absolute atomic E-state index is 13.0. The van der Waals surface area contributed by atoms with Gasteiger partial charge in [-0.3, -0.25) is 9.69 Å². The zero-order chi connectivity index (χ0) is 18.0. The van der Waals surface area contributed by atoms with Crippen molar-refractivity contribution in [2.45, 2.75) is 19.9 Å². The molecule has 132 valence electrons. The minimum absolute atomic E-state index is 0.00880. The molecule has 0 radical (unpaired) electrons. The molecule has 0 aliphatic carbocycles. The number of benzene rings is 1. The first-order valence-corrected chi connectivity index (χ1v) is 8.44. The van der Waals surface area contributed by atoms with E-state index in [1.807, 2.05) is 36.9 Å². The third-order valence-electron chi connectivity index (χ3n) is 4.76. The summed E-state index contributed by atoms with van der Waals surface area (Å²) in [6, 6.07) is 8.09. The summed E-state index contributed by atoms with van der Waals surface area (Å²) in [4.78, 5) is 25.6. The van der Waals surface area contributed by atoms with Gasteiger partial charge in [-0.2, -0.15) is 0 Å². The number of nitrogens with zero attached hydrogens (tertiary/aromatic N) is 4. The van der Waals surface area contributed by atoms with Crippen molar-refractivity contribution in [3.63, 3.8) is 0 Å². The Kier molecular flexibility index (Phi) is 4.99. The van der Waals surface area contributed by atoms with Crippen LogP contribution in [-0.2, 0) is 0 Å². The summed E-state index contributed by atoms with van der Waals surface area (Å²) in [6.45, 7) is 5.79. The third kappa shape index (κ3) is 3.49. The lowest BCUT2D eigenvalue weighted by Gasteiger charge is -2.40. The molecule has 1 aliphatic heterocycles. The van der Waals surface area contributed by atoms with Crippen LogP contribution in [-0.4, -0.2) is 59.5 Å². The fourth-order valence-corrected chi connectivity index (χ4v) is 3.30. The van der Waals surface area contributed by atoms with Gasteiger partial charge in [0.15, 0.2) is 0 Å². The number of hydrogen-bond acceptors (Lipinski definition) is 5. The summed E-state index contributed by atoms with van der Waals surface area (Å²) in [5.41, 5.74) is 2.40. The van der Waals surface area contributed by atoms with Crippen LogP contribution in [0.2, 0.25) is 0 Å². The molecule has 1 saturated heterocycles. The van der Waals surface area contributed by atoms with Gasteiger partial charge in [0, 0.05) is 31.4 Å². The second-order valence-electron chi connectivity index (χ2n) is 6.41. The Balaban J connectivity index is 1.86. The minimum atomic E-state index is -0.00880. The average Bonchev–Trinajstić information content (AvgIpc) is 2.61. The molecule has 0 bridgehead atoms. The third-order valence-corrected chi connectivity index (χ3v) is 4.76. The summed E-state index contributed by atoms with van der Waals surface area (Å²) >= 11 is 0. The average molecular weight is 340 g/mol. The van der Waals surface area contributed by atoms with Crippen LogP contribution in [0.1, 0.15) is 33.5 Å². The van der Waals surface area contributed by atoms with Crippen molar-refractivity contribution in [2.75, 3.05) is 33.8 Å². The fraction of sp³-hybridized carbons (Fsp3) is 0.421. The maximum Gasteiger partial charge on any atom is 0.257 e. The maximum atomic E-state index is 13.0. The molecule has 0 spiro atoms. The first-order valence-electron chi connectivity index (χ1n) is 8.44. The molecular weight excluding hydrogens is 316 g/mol. The van der Waals surface area contributed by atoms with Crippen LogP contribution in [0.5, 0.6) is 5.75 Å². The highest BCUT2D eigenvalue weighted by atomic mass is 16.5. The van der Waals surface area contributed by atoms with Crippen molar-refractivity contribution < 1.29 is 9.53 Å². The number of aryl methyl sites for hydroxylation is 2. The molecule has 1 atom stereocenters. The number of amides is 1. The van der Waals surface area contributed by atoms with E-state index < -0.39 is 0 Å². The zero-order valence-corrected chi connectivity index (χ0v) is 15.2. The predicted molar refractivity (Wildman–Crippen MR) is 95.8 cm³/mol. The fourth-order valence-electron chi connectivity index (χ4n) is 3.30. The van der Waals surface area contributed by atoms with Gasteiger partial charge in [0.1, 0.15) is 11.6 Å². The lowest BCUT2D eigenvalue weighted by Crippen LogP contribution is -2.49. The summed E-state index contributed by atoms with van der Waals surface area (Å²) in [6.07, 6.45) is 1.64. The van der Waals surface area contributed by atoms with Gasteiger partial charge in [0.05, 0.1) is 24.4 Å². The molecule has 2 aromatic rings. The second kappa shape index (κ2) is 7.19. The Morgan fingerprint density at radius 2 is 2.00 bits per heavy atom. The minimum Gasteiger partial charge on any atom is -0.496 e. The van der Waals surface area contributed by atoms with Crippen LogP contribution in [0.4, 0.5) is 0 Å². The van der Waals surface area contributed by atoms with Gasteiger partial charge in [-0.25, -0.2) is 9.97 Å². The van der Waals surface area contributed by atoms with Crippen molar-refractivity contribution in [3.05, 3.63) is 53.1 Å². The lowest BCUT2D eigenvalue weighted by atomic mass is 10.0. The number of likely N-dealkylation sites (N-methyl/N-ethyl adjacent to an activating group) is 1. The molecule has 6 nitrogen and oxygen atoms in total. The molecule has 0 N–H and O–H groups in total. The van der Waals surface area contributed by atoms with Crippen LogP contribution < -0.4 is 4.74 Å². The standard InChI is InChI=1S/C19H24N4O2/c1-13-16(11-20-14(2)21-13)19(24)23-10-9-22(3)17(12-23)15-7-5-6-8-18(15)25-4/h5-8,11,17H,9-10,12H2,1-4H3. The molecule has 1 aliphatic rings. The van der Waals surface area contributed by atoms with E-state index >= 15 is 0 Å². The lowest BCUT2D eigenvalue weighted by molar-refractivity contribution is 0.0540. The monoisotopic (exact) mass is 340 g/mol. The van der Waals surface area contributed by atoms with Gasteiger partial charge in [-0.1, -0.05) is 18.2 Å². The van der Waals surface area contributed by atoms with Gasteiger partial charge < -0.3 is 9.64 Å². The van der Waals surface area contributed by atoms with E-state index in [1.165, 1.54) is 0 Å². The number of para-hydroxylation sites is 1. The van der Waals surface area contributed by atoms with Crippen molar-refractivity contribution in [2.24, 2.45) is 0 Å². The van der Waals surface area contributed by atoms with E-state index in [0.717, 1.165) is 23.6 Å². The SMILES string of the molecule is COc1ccccc1C1CN(C(=O)c2cnc(C)nc2C)CCN1C. The van der Waals surface area contributed by atoms with E-state index in [0.29, 0.717) is 24.5 Å². The first kappa shape index (κ1) is 17.4. The smallest absolute Gasteiger partial charge is 0.257 e. The topological polar surface area (TPSA) is 58.6 Å². The number of ether oxygens (including phenoxy) is 1.